The Morgan fingerprint density at radius 1 is 1.44 bits per heavy atom. The number of ether oxygens (including phenoxy) is 1. The highest BCUT2D eigenvalue weighted by atomic mass is 32.1. The Hall–Kier alpha value is -2.54. The van der Waals surface area contributed by atoms with Gasteiger partial charge in [0.25, 0.3) is 5.56 Å². The summed E-state index contributed by atoms with van der Waals surface area (Å²) in [6, 6.07) is 1.71. The molecule has 0 amide bonds. The zero-order chi connectivity index (χ0) is 19.6. The van der Waals surface area contributed by atoms with Gasteiger partial charge in [-0.15, -0.1) is 11.3 Å². The minimum Gasteiger partial charge on any atom is -0.489 e. The summed E-state index contributed by atoms with van der Waals surface area (Å²) in [6.45, 7) is 1.61. The predicted molar refractivity (Wildman–Crippen MR) is 97.3 cm³/mol. The van der Waals surface area contributed by atoms with Crippen molar-refractivity contribution < 1.29 is 13.5 Å². The maximum Gasteiger partial charge on any atom is 0.299 e. The minimum absolute atomic E-state index is 0.0420. The topological polar surface area (TPSA) is 92.8 Å². The number of rotatable bonds is 5. The maximum atomic E-state index is 13.4. The van der Waals surface area contributed by atoms with E-state index >= 15 is 0 Å². The molecule has 0 radical (unpaired) electrons. The third-order valence-corrected chi connectivity index (χ3v) is 5.39. The Morgan fingerprint density at radius 3 is 2.70 bits per heavy atom. The van der Waals surface area contributed by atoms with Gasteiger partial charge >= 0.3 is 0 Å². The van der Waals surface area contributed by atoms with Crippen LogP contribution in [0.2, 0.25) is 0 Å². The van der Waals surface area contributed by atoms with Crippen molar-refractivity contribution in [3.63, 3.8) is 0 Å². The first-order valence-electron chi connectivity index (χ1n) is 8.47. The molecular formula is C17H19F2N5O2S. The summed E-state index contributed by atoms with van der Waals surface area (Å²) in [6.07, 6.45) is 0.115. The van der Waals surface area contributed by atoms with Gasteiger partial charge in [0.05, 0.1) is 13.2 Å². The van der Waals surface area contributed by atoms with Crippen LogP contribution in [0.25, 0.3) is 10.8 Å². The molecule has 1 N–H and O–H groups in total. The van der Waals surface area contributed by atoms with Gasteiger partial charge in [-0.3, -0.25) is 9.36 Å². The van der Waals surface area contributed by atoms with E-state index in [1.165, 1.54) is 23.0 Å². The van der Waals surface area contributed by atoms with E-state index in [-0.39, 0.29) is 55.7 Å². The molecule has 0 aromatic carbocycles. The smallest absolute Gasteiger partial charge is 0.299 e. The van der Waals surface area contributed by atoms with Gasteiger partial charge in [-0.1, -0.05) is 0 Å². The first-order valence-corrected chi connectivity index (χ1v) is 9.35. The van der Waals surface area contributed by atoms with Gasteiger partial charge in [-0.25, -0.2) is 18.7 Å². The second-order valence-corrected chi connectivity index (χ2v) is 7.29. The van der Waals surface area contributed by atoms with Crippen molar-refractivity contribution >= 4 is 17.2 Å². The first kappa shape index (κ1) is 19.2. The molecule has 144 valence electrons. The number of nitrogens with one attached hydrogen (secondary N) is 1. The molecule has 10 heteroatoms. The summed E-state index contributed by atoms with van der Waals surface area (Å²) in [5, 5.41) is 14.5. The number of halogens is 2. The van der Waals surface area contributed by atoms with E-state index < -0.39 is 11.5 Å². The van der Waals surface area contributed by atoms with E-state index in [1.54, 1.807) is 0 Å². The van der Waals surface area contributed by atoms with Gasteiger partial charge in [-0.05, 0) is 19.8 Å². The van der Waals surface area contributed by atoms with Crippen molar-refractivity contribution in [2.45, 2.75) is 51.1 Å². The van der Waals surface area contributed by atoms with E-state index in [2.05, 4.69) is 15.3 Å². The molecule has 27 heavy (non-hydrogen) atoms. The molecule has 0 bridgehead atoms. The molecule has 2 aromatic heterocycles. The number of nitriles is 1. The van der Waals surface area contributed by atoms with Gasteiger partial charge < -0.3 is 10.1 Å². The first-order chi connectivity index (χ1) is 12.8. The maximum absolute atomic E-state index is 13.4. The fourth-order valence-corrected chi connectivity index (χ4v) is 3.83. The van der Waals surface area contributed by atoms with E-state index in [0.717, 1.165) is 5.69 Å². The molecule has 1 fully saturated rings. The zero-order valence-corrected chi connectivity index (χ0v) is 15.8. The molecule has 1 saturated carbocycles. The Labute approximate surface area is 158 Å². The van der Waals surface area contributed by atoms with Crippen LogP contribution in [0.3, 0.4) is 0 Å². The third-order valence-electron chi connectivity index (χ3n) is 4.43. The Kier molecular flexibility index (Phi) is 5.41. The largest absolute Gasteiger partial charge is 0.489 e. The highest BCUT2D eigenvalue weighted by Gasteiger charge is 2.35. The molecule has 7 nitrogen and oxygen atoms in total. The summed E-state index contributed by atoms with van der Waals surface area (Å²) in [4.78, 5) is 21.6. The monoisotopic (exact) mass is 395 g/mol. The van der Waals surface area contributed by atoms with Crippen molar-refractivity contribution in [2.24, 2.45) is 0 Å². The number of thiazole rings is 1. The number of aryl methyl sites for hydroxylation is 1. The molecule has 2 aromatic rings. The standard InChI is InChI=1S/C17H19F2N5O2S/c1-10-9-27-15(21-10)14-23-13(12(26-2)16(25)24(14)8-7-20)22-11-3-5-17(18,19)6-4-11/h9,11,22H,3-6,8H2,1-2H3. The van der Waals surface area contributed by atoms with Gasteiger partial charge in [0.2, 0.25) is 11.7 Å². The number of methoxy groups -OCH3 is 1. The summed E-state index contributed by atoms with van der Waals surface area (Å²) in [5.41, 5.74) is 0.258. The molecule has 0 aliphatic heterocycles. The molecule has 1 aliphatic rings. The van der Waals surface area contributed by atoms with Crippen LogP contribution >= 0.6 is 11.3 Å². The summed E-state index contributed by atoms with van der Waals surface area (Å²) < 4.78 is 33.2. The second kappa shape index (κ2) is 7.60. The molecule has 3 rings (SSSR count). The van der Waals surface area contributed by atoms with Gasteiger partial charge in [0.1, 0.15) is 6.54 Å². The molecular weight excluding hydrogens is 376 g/mol. The van der Waals surface area contributed by atoms with Gasteiger partial charge in [0, 0.05) is 30.0 Å². The lowest BCUT2D eigenvalue weighted by Crippen LogP contribution is -2.33. The normalized spacial score (nSPS) is 16.7. The fourth-order valence-electron chi connectivity index (χ4n) is 3.03. The molecule has 2 heterocycles. The Bertz CT molecular complexity index is 924. The summed E-state index contributed by atoms with van der Waals surface area (Å²) in [5.74, 6) is -2.24. The molecule has 0 unspecified atom stereocenters. The Morgan fingerprint density at radius 2 is 2.15 bits per heavy atom. The SMILES string of the molecule is COc1c(NC2CCC(F)(F)CC2)nc(-c2nc(C)cs2)n(CC#N)c1=O. The predicted octanol–water partition coefficient (Wildman–Crippen LogP) is 3.20. The van der Waals surface area contributed by atoms with Crippen molar-refractivity contribution in [3.05, 3.63) is 21.4 Å². The average Bonchev–Trinajstić information content (AvgIpc) is 3.05. The minimum atomic E-state index is -2.64. The van der Waals surface area contributed by atoms with Crippen molar-refractivity contribution in [2.75, 3.05) is 12.4 Å². The van der Waals surface area contributed by atoms with Crippen LogP contribution < -0.4 is 15.6 Å². The van der Waals surface area contributed by atoms with Crippen molar-refractivity contribution in [1.82, 2.24) is 14.5 Å². The van der Waals surface area contributed by atoms with Crippen molar-refractivity contribution in [1.29, 1.82) is 5.26 Å². The number of hydrogen-bond acceptors (Lipinski definition) is 7. The van der Waals surface area contributed by atoms with E-state index in [1.807, 2.05) is 18.4 Å². The zero-order valence-electron chi connectivity index (χ0n) is 15.0. The third kappa shape index (κ3) is 4.08. The number of hydrogen-bond donors (Lipinski definition) is 1. The van der Waals surface area contributed by atoms with Crippen molar-refractivity contribution in [3.8, 4) is 22.7 Å². The van der Waals surface area contributed by atoms with Crippen LogP contribution in [0, 0.1) is 18.3 Å². The average molecular weight is 395 g/mol. The highest BCUT2D eigenvalue weighted by molar-refractivity contribution is 7.13. The van der Waals surface area contributed by atoms with Gasteiger partial charge in [-0.2, -0.15) is 5.26 Å². The van der Waals surface area contributed by atoms with Crippen LogP contribution in [0.5, 0.6) is 5.75 Å². The lowest BCUT2D eigenvalue weighted by Gasteiger charge is -2.29. The van der Waals surface area contributed by atoms with Crippen LogP contribution in [0.1, 0.15) is 31.4 Å². The lowest BCUT2D eigenvalue weighted by molar-refractivity contribution is -0.0361. The number of anilines is 1. The number of nitrogens with zero attached hydrogens (tertiary/aromatic N) is 4. The van der Waals surface area contributed by atoms with Crippen LogP contribution in [-0.4, -0.2) is 33.6 Å². The second-order valence-electron chi connectivity index (χ2n) is 6.44. The van der Waals surface area contributed by atoms with Crippen LogP contribution in [-0.2, 0) is 6.54 Å². The summed E-state index contributed by atoms with van der Waals surface area (Å²) in [7, 11) is 1.34. The molecule has 0 atom stereocenters. The van der Waals surface area contributed by atoms with Crippen LogP contribution in [0.4, 0.5) is 14.6 Å². The Balaban J connectivity index is 2.02. The lowest BCUT2D eigenvalue weighted by atomic mass is 9.92. The van der Waals surface area contributed by atoms with E-state index in [4.69, 9.17) is 10.00 Å². The van der Waals surface area contributed by atoms with Crippen LogP contribution in [0.15, 0.2) is 10.2 Å². The quantitative estimate of drug-likeness (QED) is 0.836. The van der Waals surface area contributed by atoms with Gasteiger partial charge in [0.15, 0.2) is 16.6 Å². The highest BCUT2D eigenvalue weighted by Crippen LogP contribution is 2.35. The fraction of sp³-hybridized carbons (Fsp3) is 0.529. The number of alkyl halides is 2. The number of aromatic nitrogens is 3. The van der Waals surface area contributed by atoms with E-state index in [9.17, 15) is 13.6 Å². The molecule has 0 saturated heterocycles. The molecule has 0 spiro atoms. The van der Waals surface area contributed by atoms with E-state index in [0.29, 0.717) is 5.01 Å². The summed E-state index contributed by atoms with van der Waals surface area (Å²) >= 11 is 1.31. The molecule has 1 aliphatic carbocycles.